The van der Waals surface area contributed by atoms with Gasteiger partial charge in [0.25, 0.3) is 5.91 Å². The van der Waals surface area contributed by atoms with Crippen LogP contribution < -0.4 is 10.1 Å². The summed E-state index contributed by atoms with van der Waals surface area (Å²) in [6.45, 7) is 7.60. The van der Waals surface area contributed by atoms with Crippen LogP contribution >= 0.6 is 0 Å². The van der Waals surface area contributed by atoms with Crippen molar-refractivity contribution >= 4 is 5.91 Å². The van der Waals surface area contributed by atoms with Crippen molar-refractivity contribution in [1.82, 2.24) is 20.7 Å². The van der Waals surface area contributed by atoms with Crippen LogP contribution in [0.25, 0.3) is 0 Å². The minimum absolute atomic E-state index is 0.124. The summed E-state index contributed by atoms with van der Waals surface area (Å²) in [6, 6.07) is 3.11. The van der Waals surface area contributed by atoms with Gasteiger partial charge in [0.2, 0.25) is 5.88 Å². The van der Waals surface area contributed by atoms with E-state index in [4.69, 9.17) is 9.26 Å². The number of hydrogen-bond donors (Lipinski definition) is 2. The van der Waals surface area contributed by atoms with E-state index >= 15 is 0 Å². The van der Waals surface area contributed by atoms with Gasteiger partial charge in [0.05, 0.1) is 16.9 Å². The topological polar surface area (TPSA) is 110 Å². The van der Waals surface area contributed by atoms with Crippen LogP contribution in [0.1, 0.15) is 61.1 Å². The molecule has 2 rings (SSSR count). The number of unbranched alkanes of at least 4 members (excludes halogenated alkanes) is 1. The fourth-order valence-corrected chi connectivity index (χ4v) is 2.21. The molecule has 0 aliphatic rings. The van der Waals surface area contributed by atoms with E-state index in [1.165, 1.54) is 6.07 Å². The van der Waals surface area contributed by atoms with Gasteiger partial charge in [-0.25, -0.2) is 0 Å². The quantitative estimate of drug-likeness (QED) is 0.703. The van der Waals surface area contributed by atoms with Crippen molar-refractivity contribution < 1.29 is 19.2 Å². The number of amides is 1. The highest BCUT2D eigenvalue weighted by Gasteiger charge is 2.16. The lowest BCUT2D eigenvalue weighted by Gasteiger charge is -2.17. The first-order valence-electron chi connectivity index (χ1n) is 8.71. The molecule has 0 fully saturated rings. The first-order chi connectivity index (χ1) is 12.3. The van der Waals surface area contributed by atoms with Crippen molar-refractivity contribution in [2.75, 3.05) is 6.54 Å². The Morgan fingerprint density at radius 2 is 2.12 bits per heavy atom. The summed E-state index contributed by atoms with van der Waals surface area (Å²) in [5.74, 6) is 0.640. The van der Waals surface area contributed by atoms with Gasteiger partial charge < -0.3 is 19.7 Å². The SMILES string of the molecule is CCCCc1noc(C)c1COc1ccc(C(=O)NCC(C)(C)O)nn1. The van der Waals surface area contributed by atoms with E-state index in [0.29, 0.717) is 5.88 Å². The van der Waals surface area contributed by atoms with Crippen molar-refractivity contribution in [2.24, 2.45) is 0 Å². The van der Waals surface area contributed by atoms with Crippen molar-refractivity contribution in [3.63, 3.8) is 0 Å². The summed E-state index contributed by atoms with van der Waals surface area (Å²) in [5.41, 5.74) is 0.997. The minimum Gasteiger partial charge on any atom is -0.472 e. The Labute approximate surface area is 152 Å². The highest BCUT2D eigenvalue weighted by Crippen LogP contribution is 2.18. The normalized spacial score (nSPS) is 11.4. The third-order valence-corrected chi connectivity index (χ3v) is 3.75. The molecule has 0 atom stereocenters. The van der Waals surface area contributed by atoms with Gasteiger partial charge in [-0.2, -0.15) is 0 Å². The number of nitrogens with zero attached hydrogens (tertiary/aromatic N) is 3. The van der Waals surface area contributed by atoms with Crippen molar-refractivity contribution in [2.45, 2.75) is 59.2 Å². The smallest absolute Gasteiger partial charge is 0.271 e. The maximum atomic E-state index is 12.0. The fraction of sp³-hybridized carbons (Fsp3) is 0.556. The molecule has 0 aliphatic heterocycles. The molecule has 2 N–H and O–H groups in total. The molecule has 0 spiro atoms. The summed E-state index contributed by atoms with van der Waals surface area (Å²) >= 11 is 0. The predicted molar refractivity (Wildman–Crippen MR) is 94.8 cm³/mol. The van der Waals surface area contributed by atoms with Crippen LogP contribution in [0.3, 0.4) is 0 Å². The predicted octanol–water partition coefficient (Wildman–Crippen LogP) is 2.20. The van der Waals surface area contributed by atoms with Crippen LogP contribution in [-0.4, -0.2) is 38.5 Å². The Bertz CT molecular complexity index is 720. The number of nitrogens with one attached hydrogen (secondary N) is 1. The van der Waals surface area contributed by atoms with Gasteiger partial charge in [-0.15, -0.1) is 10.2 Å². The molecule has 8 nitrogen and oxygen atoms in total. The van der Waals surface area contributed by atoms with Crippen molar-refractivity contribution in [3.8, 4) is 5.88 Å². The molecular weight excluding hydrogens is 336 g/mol. The first-order valence-corrected chi connectivity index (χ1v) is 8.71. The number of hydrogen-bond acceptors (Lipinski definition) is 7. The molecule has 8 heteroatoms. The molecule has 0 radical (unpaired) electrons. The summed E-state index contributed by atoms with van der Waals surface area (Å²) in [5, 5.41) is 24.1. The van der Waals surface area contributed by atoms with E-state index in [-0.39, 0.29) is 18.8 Å². The number of aliphatic hydroxyl groups is 1. The molecule has 0 saturated heterocycles. The lowest BCUT2D eigenvalue weighted by molar-refractivity contribution is 0.0691. The van der Waals surface area contributed by atoms with Crippen LogP contribution in [0.4, 0.5) is 0 Å². The van der Waals surface area contributed by atoms with Crippen LogP contribution in [0.15, 0.2) is 16.7 Å². The molecule has 0 unspecified atom stereocenters. The molecule has 2 heterocycles. The molecule has 2 aromatic rings. The first kappa shape index (κ1) is 19.8. The van der Waals surface area contributed by atoms with Gasteiger partial charge in [0.15, 0.2) is 5.69 Å². The average Bonchev–Trinajstić information content (AvgIpc) is 2.95. The zero-order valence-electron chi connectivity index (χ0n) is 15.7. The second-order valence-corrected chi connectivity index (χ2v) is 6.81. The van der Waals surface area contributed by atoms with Gasteiger partial charge >= 0.3 is 0 Å². The zero-order chi connectivity index (χ0) is 19.2. The number of ether oxygens (including phenoxy) is 1. The lowest BCUT2D eigenvalue weighted by Crippen LogP contribution is -2.38. The van der Waals surface area contributed by atoms with E-state index in [0.717, 1.165) is 36.3 Å². The van der Waals surface area contributed by atoms with Crippen LogP contribution in [0.2, 0.25) is 0 Å². The lowest BCUT2D eigenvalue weighted by atomic mass is 10.1. The van der Waals surface area contributed by atoms with Crippen LogP contribution in [0.5, 0.6) is 5.88 Å². The van der Waals surface area contributed by atoms with Gasteiger partial charge in [0, 0.05) is 12.6 Å². The number of rotatable bonds is 9. The molecule has 2 aromatic heterocycles. The molecule has 0 aromatic carbocycles. The summed E-state index contributed by atoms with van der Waals surface area (Å²) in [6.07, 6.45) is 2.96. The maximum Gasteiger partial charge on any atom is 0.271 e. The molecule has 1 amide bonds. The molecule has 0 aliphatic carbocycles. The third-order valence-electron chi connectivity index (χ3n) is 3.75. The summed E-state index contributed by atoms with van der Waals surface area (Å²) in [7, 11) is 0. The van der Waals surface area contributed by atoms with Crippen molar-refractivity contribution in [3.05, 3.63) is 34.8 Å². The van der Waals surface area contributed by atoms with Gasteiger partial charge in [0.1, 0.15) is 12.4 Å². The highest BCUT2D eigenvalue weighted by molar-refractivity contribution is 5.92. The molecule has 0 bridgehead atoms. The Balaban J connectivity index is 1.94. The third kappa shape index (κ3) is 5.80. The standard InChI is InChI=1S/C18H26N4O4/c1-5-6-7-14-13(12(2)26-22-14)10-25-16-9-8-15(20-21-16)17(23)19-11-18(3,4)24/h8-9,24H,5-7,10-11H2,1-4H3,(H,19,23). The Hall–Kier alpha value is -2.48. The summed E-state index contributed by atoms with van der Waals surface area (Å²) in [4.78, 5) is 12.0. The number of aromatic nitrogens is 3. The van der Waals surface area contributed by atoms with E-state index in [9.17, 15) is 9.90 Å². The fourth-order valence-electron chi connectivity index (χ4n) is 2.21. The van der Waals surface area contributed by atoms with Crippen molar-refractivity contribution in [1.29, 1.82) is 0 Å². The Kier molecular flexibility index (Phi) is 6.68. The maximum absolute atomic E-state index is 12.0. The molecule has 26 heavy (non-hydrogen) atoms. The zero-order valence-corrected chi connectivity index (χ0v) is 15.7. The Morgan fingerprint density at radius 1 is 1.35 bits per heavy atom. The number of carbonyl (C=O) groups excluding carboxylic acids is 1. The molecule has 0 saturated carbocycles. The molecular formula is C18H26N4O4. The van der Waals surface area contributed by atoms with E-state index in [1.807, 2.05) is 6.92 Å². The van der Waals surface area contributed by atoms with E-state index < -0.39 is 11.5 Å². The highest BCUT2D eigenvalue weighted by atomic mass is 16.5. The van der Waals surface area contributed by atoms with Crippen LogP contribution in [-0.2, 0) is 13.0 Å². The monoisotopic (exact) mass is 362 g/mol. The second-order valence-electron chi connectivity index (χ2n) is 6.81. The van der Waals surface area contributed by atoms with Gasteiger partial charge in [-0.1, -0.05) is 18.5 Å². The van der Waals surface area contributed by atoms with E-state index in [2.05, 4.69) is 27.6 Å². The average molecular weight is 362 g/mol. The number of aryl methyl sites for hydroxylation is 2. The van der Waals surface area contributed by atoms with E-state index in [1.54, 1.807) is 19.9 Å². The second kappa shape index (κ2) is 8.75. The molecule has 142 valence electrons. The summed E-state index contributed by atoms with van der Waals surface area (Å²) < 4.78 is 10.9. The van der Waals surface area contributed by atoms with Gasteiger partial charge in [-0.3, -0.25) is 4.79 Å². The number of carbonyl (C=O) groups is 1. The minimum atomic E-state index is -0.988. The van der Waals surface area contributed by atoms with Gasteiger partial charge in [-0.05, 0) is 39.7 Å². The Morgan fingerprint density at radius 3 is 2.73 bits per heavy atom. The van der Waals surface area contributed by atoms with Crippen LogP contribution in [0, 0.1) is 6.92 Å². The largest absolute Gasteiger partial charge is 0.472 e.